The average Bonchev–Trinajstić information content (AvgIpc) is 3.25. The summed E-state index contributed by atoms with van der Waals surface area (Å²) in [6, 6.07) is 12.9. The fourth-order valence-corrected chi connectivity index (χ4v) is 3.48. The highest BCUT2D eigenvalue weighted by Crippen LogP contribution is 2.09. The molecule has 158 valence electrons. The van der Waals surface area contributed by atoms with Crippen LogP contribution in [-0.4, -0.2) is 78.2 Å². The topological polar surface area (TPSA) is 60.1 Å². The number of rotatable bonds is 8. The second-order valence-electron chi connectivity index (χ2n) is 7.70. The lowest BCUT2D eigenvalue weighted by molar-refractivity contribution is 0.168. The molecule has 0 saturated carbocycles. The Balaban J connectivity index is 1.50. The number of piperazine rings is 1. The van der Waals surface area contributed by atoms with Gasteiger partial charge < -0.3 is 14.7 Å². The maximum absolute atomic E-state index is 4.94. The van der Waals surface area contributed by atoms with Gasteiger partial charge in [-0.1, -0.05) is 35.5 Å². The van der Waals surface area contributed by atoms with E-state index in [-0.39, 0.29) is 0 Å². The van der Waals surface area contributed by atoms with E-state index in [9.17, 15) is 0 Å². The molecule has 1 aromatic heterocycles. The van der Waals surface area contributed by atoms with Crippen LogP contribution in [0.25, 0.3) is 0 Å². The van der Waals surface area contributed by atoms with Gasteiger partial charge in [-0.2, -0.15) is 0 Å². The molecule has 7 nitrogen and oxygen atoms in total. The van der Waals surface area contributed by atoms with Crippen molar-refractivity contribution in [2.75, 3.05) is 46.3 Å². The van der Waals surface area contributed by atoms with E-state index in [0.29, 0.717) is 6.04 Å². The Morgan fingerprint density at radius 2 is 1.97 bits per heavy atom. The Labute approximate surface area is 174 Å². The van der Waals surface area contributed by atoms with Crippen LogP contribution >= 0.6 is 0 Å². The van der Waals surface area contributed by atoms with Crippen LogP contribution in [-0.2, 0) is 13.1 Å². The SMILES string of the molecule is CCNC(=NCC(C)N(C)Cc1ccccc1)N1CCN(Cc2ccon2)CC1. The number of aliphatic imine (C=N–C) groups is 1. The minimum atomic E-state index is 0.373. The maximum atomic E-state index is 4.94. The molecule has 29 heavy (non-hydrogen) atoms. The van der Waals surface area contributed by atoms with Gasteiger partial charge in [0.25, 0.3) is 0 Å². The zero-order chi connectivity index (χ0) is 20.5. The van der Waals surface area contributed by atoms with E-state index >= 15 is 0 Å². The van der Waals surface area contributed by atoms with Gasteiger partial charge in [-0.05, 0) is 26.5 Å². The number of nitrogens with zero attached hydrogens (tertiary/aromatic N) is 5. The molecule has 3 rings (SSSR count). The number of benzene rings is 1. The summed E-state index contributed by atoms with van der Waals surface area (Å²) in [7, 11) is 2.17. The van der Waals surface area contributed by atoms with Crippen LogP contribution in [0.4, 0.5) is 0 Å². The average molecular weight is 399 g/mol. The van der Waals surface area contributed by atoms with Crippen molar-refractivity contribution in [2.24, 2.45) is 4.99 Å². The summed E-state index contributed by atoms with van der Waals surface area (Å²) in [6.07, 6.45) is 1.64. The second-order valence-corrected chi connectivity index (χ2v) is 7.70. The number of likely N-dealkylation sites (N-methyl/N-ethyl adjacent to an activating group) is 1. The van der Waals surface area contributed by atoms with Gasteiger partial charge in [-0.15, -0.1) is 0 Å². The van der Waals surface area contributed by atoms with Crippen molar-refractivity contribution in [1.29, 1.82) is 0 Å². The lowest BCUT2D eigenvalue weighted by Crippen LogP contribution is -2.52. The van der Waals surface area contributed by atoms with Gasteiger partial charge >= 0.3 is 0 Å². The summed E-state index contributed by atoms with van der Waals surface area (Å²) in [6.45, 7) is 11.8. The predicted octanol–water partition coefficient (Wildman–Crippen LogP) is 2.28. The molecule has 0 amide bonds. The summed E-state index contributed by atoms with van der Waals surface area (Å²) in [5.74, 6) is 1.02. The van der Waals surface area contributed by atoms with Crippen molar-refractivity contribution in [2.45, 2.75) is 33.0 Å². The molecular weight excluding hydrogens is 364 g/mol. The minimum Gasteiger partial charge on any atom is -0.364 e. The van der Waals surface area contributed by atoms with Crippen LogP contribution in [0.15, 0.2) is 52.2 Å². The molecule has 1 atom stereocenters. The van der Waals surface area contributed by atoms with Crippen molar-refractivity contribution in [1.82, 2.24) is 25.2 Å². The first-order valence-electron chi connectivity index (χ1n) is 10.5. The zero-order valence-corrected chi connectivity index (χ0v) is 17.9. The van der Waals surface area contributed by atoms with Crippen molar-refractivity contribution in [3.05, 3.63) is 53.9 Å². The smallest absolute Gasteiger partial charge is 0.194 e. The van der Waals surface area contributed by atoms with Crippen LogP contribution in [0.1, 0.15) is 25.1 Å². The Morgan fingerprint density at radius 3 is 2.62 bits per heavy atom. The van der Waals surface area contributed by atoms with Gasteiger partial charge in [0.1, 0.15) is 6.26 Å². The van der Waals surface area contributed by atoms with Gasteiger partial charge in [0.15, 0.2) is 5.96 Å². The highest BCUT2D eigenvalue weighted by atomic mass is 16.5. The Kier molecular flexibility index (Phi) is 8.07. The Morgan fingerprint density at radius 1 is 1.21 bits per heavy atom. The number of hydrogen-bond acceptors (Lipinski definition) is 5. The molecule has 1 unspecified atom stereocenters. The third-order valence-corrected chi connectivity index (χ3v) is 5.42. The van der Waals surface area contributed by atoms with E-state index in [2.05, 4.69) is 76.4 Å². The lowest BCUT2D eigenvalue weighted by atomic mass is 10.2. The summed E-state index contributed by atoms with van der Waals surface area (Å²) in [5, 5.41) is 7.49. The van der Waals surface area contributed by atoms with E-state index in [0.717, 1.165) is 64.0 Å². The highest BCUT2D eigenvalue weighted by Gasteiger charge is 2.20. The zero-order valence-electron chi connectivity index (χ0n) is 17.9. The predicted molar refractivity (Wildman–Crippen MR) is 117 cm³/mol. The van der Waals surface area contributed by atoms with Crippen LogP contribution < -0.4 is 5.32 Å². The molecule has 0 radical (unpaired) electrons. The summed E-state index contributed by atoms with van der Waals surface area (Å²) in [5.41, 5.74) is 2.33. The monoisotopic (exact) mass is 398 g/mol. The number of nitrogens with one attached hydrogen (secondary N) is 1. The van der Waals surface area contributed by atoms with Crippen LogP contribution in [0.2, 0.25) is 0 Å². The number of aromatic nitrogens is 1. The molecule has 1 saturated heterocycles. The fourth-order valence-electron chi connectivity index (χ4n) is 3.48. The molecule has 0 bridgehead atoms. The van der Waals surface area contributed by atoms with E-state index < -0.39 is 0 Å². The standard InChI is InChI=1S/C22H34N6O/c1-4-23-22(24-16-19(2)26(3)17-20-8-6-5-7-9-20)28-13-11-27(12-14-28)18-21-10-15-29-25-21/h5-10,15,19H,4,11-14,16-18H2,1-3H3,(H,23,24). The largest absolute Gasteiger partial charge is 0.364 e. The van der Waals surface area contributed by atoms with Gasteiger partial charge in [-0.3, -0.25) is 14.8 Å². The molecule has 0 spiro atoms. The first-order valence-corrected chi connectivity index (χ1v) is 10.5. The Bertz CT molecular complexity index is 725. The van der Waals surface area contributed by atoms with Gasteiger partial charge in [0.05, 0.1) is 12.2 Å². The van der Waals surface area contributed by atoms with Crippen LogP contribution in [0, 0.1) is 0 Å². The van der Waals surface area contributed by atoms with Crippen molar-refractivity contribution < 1.29 is 4.52 Å². The fraction of sp³-hybridized carbons (Fsp3) is 0.545. The Hall–Kier alpha value is -2.38. The van der Waals surface area contributed by atoms with Gasteiger partial charge in [0, 0.05) is 57.9 Å². The van der Waals surface area contributed by atoms with Crippen molar-refractivity contribution >= 4 is 5.96 Å². The molecular formula is C22H34N6O. The molecule has 1 fully saturated rings. The first-order chi connectivity index (χ1) is 14.2. The van der Waals surface area contributed by atoms with Crippen LogP contribution in [0.3, 0.4) is 0 Å². The lowest BCUT2D eigenvalue weighted by Gasteiger charge is -2.36. The van der Waals surface area contributed by atoms with E-state index in [4.69, 9.17) is 9.52 Å². The third kappa shape index (κ3) is 6.58. The molecule has 1 N–H and O–H groups in total. The van der Waals surface area contributed by atoms with E-state index in [1.54, 1.807) is 6.26 Å². The molecule has 2 heterocycles. The quantitative estimate of drug-likeness (QED) is 0.544. The first kappa shape index (κ1) is 21.3. The highest BCUT2D eigenvalue weighted by molar-refractivity contribution is 5.80. The van der Waals surface area contributed by atoms with Gasteiger partial charge in [-0.25, -0.2) is 0 Å². The van der Waals surface area contributed by atoms with Crippen molar-refractivity contribution in [3.8, 4) is 0 Å². The van der Waals surface area contributed by atoms with Gasteiger partial charge in [0.2, 0.25) is 0 Å². The van der Waals surface area contributed by atoms with Crippen LogP contribution in [0.5, 0.6) is 0 Å². The molecule has 7 heteroatoms. The van der Waals surface area contributed by atoms with Crippen molar-refractivity contribution in [3.63, 3.8) is 0 Å². The van der Waals surface area contributed by atoms with E-state index in [1.165, 1.54) is 5.56 Å². The summed E-state index contributed by atoms with van der Waals surface area (Å²) in [4.78, 5) is 12.1. The molecule has 1 aromatic carbocycles. The number of hydrogen-bond donors (Lipinski definition) is 1. The molecule has 1 aliphatic heterocycles. The van der Waals surface area contributed by atoms with E-state index in [1.807, 2.05) is 6.07 Å². The second kappa shape index (κ2) is 11.0. The summed E-state index contributed by atoms with van der Waals surface area (Å²) >= 11 is 0. The normalized spacial score (nSPS) is 17.0. The molecule has 2 aromatic rings. The molecule has 1 aliphatic rings. The molecule has 0 aliphatic carbocycles. The number of guanidine groups is 1. The minimum absolute atomic E-state index is 0.373. The summed E-state index contributed by atoms with van der Waals surface area (Å²) < 4.78 is 4.94. The third-order valence-electron chi connectivity index (χ3n) is 5.42. The maximum Gasteiger partial charge on any atom is 0.194 e.